The highest BCUT2D eigenvalue weighted by Crippen LogP contribution is 2.42. The number of carbonyl (C=O) groups excluding carboxylic acids is 1. The van der Waals surface area contributed by atoms with Crippen LogP contribution in [0.2, 0.25) is 0 Å². The highest BCUT2D eigenvalue weighted by atomic mass is 35.5. The van der Waals surface area contributed by atoms with Crippen LogP contribution in [0.15, 0.2) is 57.9 Å². The SMILES string of the molecule is CCN=c1cc2oc3cc(C)c(C)cc3c(-c3ccccc3C(=O)OCC)c-2cc1C.[Cl-]. The Morgan fingerprint density at radius 1 is 0.938 bits per heavy atom. The van der Waals surface area contributed by atoms with E-state index in [1.165, 1.54) is 5.56 Å². The summed E-state index contributed by atoms with van der Waals surface area (Å²) in [6.45, 7) is 11.1. The Labute approximate surface area is 194 Å². The number of ether oxygens (including phenoxy) is 1. The molecule has 0 atom stereocenters. The Bertz CT molecular complexity index is 1340. The zero-order valence-electron chi connectivity index (χ0n) is 19.1. The second-order valence-corrected chi connectivity index (χ2v) is 7.78. The molecule has 0 unspecified atom stereocenters. The van der Waals surface area contributed by atoms with Crippen LogP contribution in [0.4, 0.5) is 0 Å². The van der Waals surface area contributed by atoms with Crippen LogP contribution in [-0.4, -0.2) is 19.1 Å². The van der Waals surface area contributed by atoms with Gasteiger partial charge in [0.2, 0.25) is 0 Å². The minimum atomic E-state index is -0.321. The predicted molar refractivity (Wildman–Crippen MR) is 125 cm³/mol. The Morgan fingerprint density at radius 2 is 1.66 bits per heavy atom. The lowest BCUT2D eigenvalue weighted by atomic mass is 9.89. The molecule has 0 fully saturated rings. The molecular formula is C27H27ClNO3-. The molecule has 1 heterocycles. The molecule has 0 spiro atoms. The summed E-state index contributed by atoms with van der Waals surface area (Å²) in [5.41, 5.74) is 7.52. The molecule has 1 aliphatic carbocycles. The van der Waals surface area contributed by atoms with E-state index >= 15 is 0 Å². The first kappa shape index (κ1) is 23.6. The average molecular weight is 449 g/mol. The molecule has 0 saturated heterocycles. The second-order valence-electron chi connectivity index (χ2n) is 7.78. The van der Waals surface area contributed by atoms with E-state index in [0.717, 1.165) is 49.9 Å². The quantitative estimate of drug-likeness (QED) is 0.356. The van der Waals surface area contributed by atoms with Crippen molar-refractivity contribution in [3.05, 3.63) is 76.1 Å². The molecular weight excluding hydrogens is 422 g/mol. The van der Waals surface area contributed by atoms with Crippen LogP contribution in [0.3, 0.4) is 0 Å². The lowest BCUT2D eigenvalue weighted by Gasteiger charge is -2.19. The van der Waals surface area contributed by atoms with Crippen molar-refractivity contribution >= 4 is 16.9 Å². The molecule has 0 N–H and O–H groups in total. The van der Waals surface area contributed by atoms with Gasteiger partial charge in [0.15, 0.2) is 0 Å². The zero-order chi connectivity index (χ0) is 22.1. The number of carbonyl (C=O) groups is 1. The molecule has 32 heavy (non-hydrogen) atoms. The molecule has 0 amide bonds. The lowest BCUT2D eigenvalue weighted by molar-refractivity contribution is -0.0000250. The lowest BCUT2D eigenvalue weighted by Crippen LogP contribution is -3.00. The van der Waals surface area contributed by atoms with Crippen molar-refractivity contribution in [2.45, 2.75) is 34.6 Å². The number of hydrogen-bond acceptors (Lipinski definition) is 4. The minimum absolute atomic E-state index is 0. The van der Waals surface area contributed by atoms with Crippen molar-refractivity contribution in [2.75, 3.05) is 13.2 Å². The van der Waals surface area contributed by atoms with Gasteiger partial charge in [-0.25, -0.2) is 4.79 Å². The standard InChI is InChI=1S/C27H27NO3.ClH/c1-6-28-23-15-25-22(13-18(23)5)26(21-12-16(3)17(4)14-24(21)31-25)19-10-8-9-11-20(19)27(29)30-7-2;/h8-15H,6-7H2,1-5H3;1H/p-1. The number of esters is 1. The van der Waals surface area contributed by atoms with Gasteiger partial charge in [-0.1, -0.05) is 18.2 Å². The van der Waals surface area contributed by atoms with Crippen LogP contribution < -0.4 is 17.8 Å². The van der Waals surface area contributed by atoms with Gasteiger partial charge < -0.3 is 21.6 Å². The normalized spacial score (nSPS) is 11.6. The molecule has 0 bridgehead atoms. The van der Waals surface area contributed by atoms with Gasteiger partial charge in [0.05, 0.1) is 17.5 Å². The van der Waals surface area contributed by atoms with Crippen molar-refractivity contribution in [3.63, 3.8) is 0 Å². The van der Waals surface area contributed by atoms with Gasteiger partial charge >= 0.3 is 5.97 Å². The highest BCUT2D eigenvalue weighted by molar-refractivity contribution is 6.08. The molecule has 0 aromatic heterocycles. The van der Waals surface area contributed by atoms with Gasteiger partial charge in [0.25, 0.3) is 0 Å². The van der Waals surface area contributed by atoms with Gasteiger partial charge in [0.1, 0.15) is 11.3 Å². The Kier molecular flexibility index (Phi) is 7.05. The zero-order valence-corrected chi connectivity index (χ0v) is 19.8. The summed E-state index contributed by atoms with van der Waals surface area (Å²) in [4.78, 5) is 17.4. The molecule has 4 rings (SSSR count). The number of benzene rings is 3. The number of rotatable bonds is 4. The predicted octanol–water partition coefficient (Wildman–Crippen LogP) is 3.23. The highest BCUT2D eigenvalue weighted by Gasteiger charge is 2.22. The first-order valence-corrected chi connectivity index (χ1v) is 10.7. The van der Waals surface area contributed by atoms with E-state index in [0.29, 0.717) is 18.7 Å². The van der Waals surface area contributed by atoms with Crippen LogP contribution >= 0.6 is 0 Å². The van der Waals surface area contributed by atoms with Gasteiger partial charge in [-0.15, -0.1) is 0 Å². The van der Waals surface area contributed by atoms with Gasteiger partial charge in [-0.3, -0.25) is 4.99 Å². The number of halogens is 1. The maximum atomic E-state index is 12.8. The molecule has 0 radical (unpaired) electrons. The smallest absolute Gasteiger partial charge is 0.338 e. The molecule has 5 heteroatoms. The van der Waals surface area contributed by atoms with Crippen LogP contribution in [0.1, 0.15) is 40.9 Å². The van der Waals surface area contributed by atoms with E-state index in [2.05, 4.69) is 44.0 Å². The van der Waals surface area contributed by atoms with Gasteiger partial charge in [-0.2, -0.15) is 0 Å². The molecule has 2 aliphatic rings. The van der Waals surface area contributed by atoms with Crippen molar-refractivity contribution in [1.82, 2.24) is 0 Å². The maximum absolute atomic E-state index is 12.8. The largest absolute Gasteiger partial charge is 1.00 e. The van der Waals surface area contributed by atoms with Crippen LogP contribution in [0, 0.1) is 20.8 Å². The molecule has 2 aromatic rings. The van der Waals surface area contributed by atoms with E-state index in [4.69, 9.17) is 9.15 Å². The van der Waals surface area contributed by atoms with E-state index in [-0.39, 0.29) is 18.4 Å². The number of aryl methyl sites for hydroxylation is 3. The number of hydrogen-bond donors (Lipinski definition) is 0. The number of fused-ring (bicyclic) bond motifs is 2. The van der Waals surface area contributed by atoms with Gasteiger partial charge in [-0.05, 0) is 81.1 Å². The third-order valence-electron chi connectivity index (χ3n) is 5.67. The molecule has 4 nitrogen and oxygen atoms in total. The summed E-state index contributed by atoms with van der Waals surface area (Å²) in [6, 6.07) is 15.9. The maximum Gasteiger partial charge on any atom is 0.338 e. The summed E-state index contributed by atoms with van der Waals surface area (Å²) >= 11 is 0. The van der Waals surface area contributed by atoms with E-state index < -0.39 is 0 Å². The van der Waals surface area contributed by atoms with Crippen LogP contribution in [0.5, 0.6) is 0 Å². The Hall–Kier alpha value is -3.11. The second kappa shape index (κ2) is 9.58. The Morgan fingerprint density at radius 3 is 2.38 bits per heavy atom. The fourth-order valence-corrected chi connectivity index (χ4v) is 4.01. The van der Waals surface area contributed by atoms with Crippen molar-refractivity contribution < 1.29 is 26.4 Å². The average Bonchev–Trinajstić information content (AvgIpc) is 2.75. The van der Waals surface area contributed by atoms with E-state index in [1.54, 1.807) is 0 Å². The summed E-state index contributed by atoms with van der Waals surface area (Å²) in [6.07, 6.45) is 0. The first-order chi connectivity index (χ1) is 14.9. The molecule has 166 valence electrons. The van der Waals surface area contributed by atoms with Crippen LogP contribution in [-0.2, 0) is 4.74 Å². The van der Waals surface area contributed by atoms with Crippen molar-refractivity contribution in [3.8, 4) is 22.5 Å². The third kappa shape index (κ3) is 4.15. The fourth-order valence-electron chi connectivity index (χ4n) is 4.01. The third-order valence-corrected chi connectivity index (χ3v) is 5.67. The molecule has 2 aromatic carbocycles. The van der Waals surface area contributed by atoms with E-state index in [1.807, 2.05) is 44.2 Å². The fraction of sp³-hybridized carbons (Fsp3) is 0.259. The van der Waals surface area contributed by atoms with Gasteiger partial charge in [0, 0.05) is 29.1 Å². The number of nitrogens with zero attached hydrogens (tertiary/aromatic N) is 1. The van der Waals surface area contributed by atoms with Crippen molar-refractivity contribution in [1.29, 1.82) is 0 Å². The summed E-state index contributed by atoms with van der Waals surface area (Å²) in [5.74, 6) is 0.431. The van der Waals surface area contributed by atoms with Crippen molar-refractivity contribution in [2.24, 2.45) is 4.99 Å². The summed E-state index contributed by atoms with van der Waals surface area (Å²) < 4.78 is 11.7. The first-order valence-electron chi connectivity index (χ1n) is 10.7. The topological polar surface area (TPSA) is 51.8 Å². The minimum Gasteiger partial charge on any atom is -1.00 e. The summed E-state index contributed by atoms with van der Waals surface area (Å²) in [7, 11) is 0. The molecule has 1 aliphatic heterocycles. The van der Waals surface area contributed by atoms with Crippen LogP contribution in [0.25, 0.3) is 33.4 Å². The Balaban J connectivity index is 0.00000289. The monoisotopic (exact) mass is 448 g/mol. The van der Waals surface area contributed by atoms with E-state index in [9.17, 15) is 4.79 Å². The molecule has 0 saturated carbocycles. The summed E-state index contributed by atoms with van der Waals surface area (Å²) in [5, 5.41) is 1.90.